The molecule has 1 aromatic carbocycles. The number of aromatic nitrogens is 3. The highest BCUT2D eigenvalue weighted by Gasteiger charge is 2.06. The molecule has 2 N–H and O–H groups in total. The van der Waals surface area contributed by atoms with E-state index in [0.717, 1.165) is 36.2 Å². The van der Waals surface area contributed by atoms with Crippen LogP contribution in [0, 0.1) is 6.92 Å². The topological polar surface area (TPSA) is 76.4 Å². The van der Waals surface area contributed by atoms with Gasteiger partial charge in [0, 0.05) is 18.7 Å². The monoisotopic (exact) mass is 344 g/mol. The second-order valence-corrected chi connectivity index (χ2v) is 5.63. The van der Waals surface area contributed by atoms with Crippen molar-refractivity contribution in [3.8, 4) is 5.75 Å². The molecule has 2 rings (SSSR count). The normalized spacial score (nSPS) is 11.4. The van der Waals surface area contributed by atoms with Crippen molar-refractivity contribution in [3.63, 3.8) is 0 Å². The van der Waals surface area contributed by atoms with E-state index in [-0.39, 0.29) is 0 Å². The minimum Gasteiger partial charge on any atom is -0.494 e. The van der Waals surface area contributed by atoms with Gasteiger partial charge in [0.2, 0.25) is 0 Å². The first-order valence-corrected chi connectivity index (χ1v) is 8.79. The van der Waals surface area contributed by atoms with E-state index in [2.05, 4.69) is 57.9 Å². The highest BCUT2D eigenvalue weighted by Crippen LogP contribution is 2.21. The molecule has 1 aromatic heterocycles. The third kappa shape index (κ3) is 5.48. The van der Waals surface area contributed by atoms with Gasteiger partial charge in [0.05, 0.1) is 19.7 Å². The lowest BCUT2D eigenvalue weighted by molar-refractivity contribution is 0.336. The summed E-state index contributed by atoms with van der Waals surface area (Å²) in [7, 11) is 0. The molecule has 0 aliphatic rings. The zero-order chi connectivity index (χ0) is 18.1. The van der Waals surface area contributed by atoms with Gasteiger partial charge in [0.1, 0.15) is 12.1 Å². The Bertz CT molecular complexity index is 695. The molecular formula is C18H28N6O. The molecule has 0 saturated heterocycles. The Hall–Kier alpha value is -2.57. The van der Waals surface area contributed by atoms with Crippen molar-refractivity contribution in [2.24, 2.45) is 4.99 Å². The minimum absolute atomic E-state index is 0.547. The number of benzene rings is 1. The number of rotatable bonds is 8. The molecule has 0 aliphatic carbocycles. The number of nitrogens with zero attached hydrogens (tertiary/aromatic N) is 4. The van der Waals surface area contributed by atoms with Gasteiger partial charge in [-0.1, -0.05) is 12.1 Å². The van der Waals surface area contributed by atoms with Crippen LogP contribution in [0.4, 0.5) is 0 Å². The van der Waals surface area contributed by atoms with Crippen LogP contribution in [-0.2, 0) is 19.6 Å². The van der Waals surface area contributed by atoms with Gasteiger partial charge < -0.3 is 19.9 Å². The van der Waals surface area contributed by atoms with Gasteiger partial charge >= 0.3 is 0 Å². The maximum atomic E-state index is 5.73. The summed E-state index contributed by atoms with van der Waals surface area (Å²) in [5, 5.41) is 14.6. The van der Waals surface area contributed by atoms with Crippen LogP contribution in [0.25, 0.3) is 0 Å². The molecule has 0 fully saturated rings. The Morgan fingerprint density at radius 1 is 1.24 bits per heavy atom. The van der Waals surface area contributed by atoms with Gasteiger partial charge in [-0.3, -0.25) is 0 Å². The van der Waals surface area contributed by atoms with Crippen molar-refractivity contribution < 1.29 is 4.74 Å². The fourth-order valence-electron chi connectivity index (χ4n) is 2.43. The van der Waals surface area contributed by atoms with E-state index in [1.807, 2.05) is 18.4 Å². The molecule has 7 nitrogen and oxygen atoms in total. The predicted octanol–water partition coefficient (Wildman–Crippen LogP) is 2.26. The fourth-order valence-corrected chi connectivity index (χ4v) is 2.43. The number of aliphatic imine (C=N–C) groups is 1. The quantitative estimate of drug-likeness (QED) is 0.567. The zero-order valence-electron chi connectivity index (χ0n) is 15.5. The maximum absolute atomic E-state index is 5.73. The van der Waals surface area contributed by atoms with Gasteiger partial charge in [-0.05, 0) is 39.3 Å². The molecule has 0 aliphatic heterocycles. The molecular weight excluding hydrogens is 316 g/mol. The van der Waals surface area contributed by atoms with Crippen molar-refractivity contribution in [1.82, 2.24) is 25.4 Å². The van der Waals surface area contributed by atoms with Gasteiger partial charge in [-0.15, -0.1) is 10.2 Å². The summed E-state index contributed by atoms with van der Waals surface area (Å²) in [4.78, 5) is 4.67. The first kappa shape index (κ1) is 18.8. The van der Waals surface area contributed by atoms with E-state index in [1.54, 1.807) is 6.33 Å². The lowest BCUT2D eigenvalue weighted by atomic mass is 10.1. The number of guanidine groups is 1. The summed E-state index contributed by atoms with van der Waals surface area (Å²) in [5.41, 5.74) is 2.25. The molecule has 0 bridgehead atoms. The molecule has 0 radical (unpaired) electrons. The fraction of sp³-hybridized carbons (Fsp3) is 0.500. The smallest absolute Gasteiger partial charge is 0.191 e. The summed E-state index contributed by atoms with van der Waals surface area (Å²) < 4.78 is 7.73. The molecule has 2 aromatic rings. The molecule has 25 heavy (non-hydrogen) atoms. The highest BCUT2D eigenvalue weighted by molar-refractivity contribution is 5.79. The number of hydrogen-bond acceptors (Lipinski definition) is 4. The number of nitrogens with one attached hydrogen (secondary N) is 2. The molecule has 1 heterocycles. The average molecular weight is 344 g/mol. The maximum Gasteiger partial charge on any atom is 0.191 e. The van der Waals surface area contributed by atoms with Crippen molar-refractivity contribution in [3.05, 3.63) is 41.5 Å². The van der Waals surface area contributed by atoms with Crippen LogP contribution in [0.5, 0.6) is 5.75 Å². The van der Waals surface area contributed by atoms with Crippen LogP contribution in [0.2, 0.25) is 0 Å². The molecule has 0 saturated carbocycles. The van der Waals surface area contributed by atoms with Gasteiger partial charge in [0.25, 0.3) is 0 Å². The van der Waals surface area contributed by atoms with Crippen LogP contribution in [0.15, 0.2) is 29.5 Å². The van der Waals surface area contributed by atoms with Crippen LogP contribution < -0.4 is 15.4 Å². The summed E-state index contributed by atoms with van der Waals surface area (Å²) in [6.45, 7) is 11.6. The average Bonchev–Trinajstić information content (AvgIpc) is 3.06. The van der Waals surface area contributed by atoms with Gasteiger partial charge in [0.15, 0.2) is 11.8 Å². The predicted molar refractivity (Wildman–Crippen MR) is 99.7 cm³/mol. The Balaban J connectivity index is 2.06. The largest absolute Gasteiger partial charge is 0.494 e. The van der Waals surface area contributed by atoms with Crippen LogP contribution in [-0.4, -0.2) is 33.9 Å². The molecule has 7 heteroatoms. The van der Waals surface area contributed by atoms with Crippen LogP contribution in [0.3, 0.4) is 0 Å². The Morgan fingerprint density at radius 2 is 2.08 bits per heavy atom. The van der Waals surface area contributed by atoms with Gasteiger partial charge in [-0.25, -0.2) is 4.99 Å². The number of aryl methyl sites for hydroxylation is 2. The second kappa shape index (κ2) is 9.66. The summed E-state index contributed by atoms with van der Waals surface area (Å²) in [6.07, 6.45) is 1.74. The van der Waals surface area contributed by atoms with E-state index in [9.17, 15) is 0 Å². The number of ether oxygens (including phenoxy) is 1. The van der Waals surface area contributed by atoms with Crippen LogP contribution >= 0.6 is 0 Å². The molecule has 0 amide bonds. The molecule has 136 valence electrons. The first-order chi connectivity index (χ1) is 12.2. The first-order valence-electron chi connectivity index (χ1n) is 8.79. The lowest BCUT2D eigenvalue weighted by Crippen LogP contribution is -2.37. The van der Waals surface area contributed by atoms with Crippen molar-refractivity contribution >= 4 is 5.96 Å². The highest BCUT2D eigenvalue weighted by atomic mass is 16.5. The Morgan fingerprint density at radius 3 is 2.80 bits per heavy atom. The molecule has 0 atom stereocenters. The van der Waals surface area contributed by atoms with Crippen molar-refractivity contribution in [2.75, 3.05) is 13.2 Å². The zero-order valence-corrected chi connectivity index (χ0v) is 15.5. The molecule has 0 unspecified atom stereocenters. The summed E-state index contributed by atoms with van der Waals surface area (Å²) in [5.74, 6) is 2.53. The van der Waals surface area contributed by atoms with E-state index in [1.165, 1.54) is 5.56 Å². The summed E-state index contributed by atoms with van der Waals surface area (Å²) in [6, 6.07) is 6.21. The summed E-state index contributed by atoms with van der Waals surface area (Å²) >= 11 is 0. The molecule has 0 spiro atoms. The van der Waals surface area contributed by atoms with Crippen molar-refractivity contribution in [1.29, 1.82) is 0 Å². The Labute approximate surface area is 149 Å². The van der Waals surface area contributed by atoms with E-state index < -0.39 is 0 Å². The third-order valence-electron chi connectivity index (χ3n) is 3.72. The number of hydrogen-bond donors (Lipinski definition) is 2. The minimum atomic E-state index is 0.547. The standard InChI is InChI=1S/C18H28N6O/c1-5-19-18(21-12-17-23-22-13-24(17)6-2)20-11-15-9-8-14(4)10-16(15)25-7-3/h8-10,13H,5-7,11-12H2,1-4H3,(H2,19,20,21). The Kier molecular flexibility index (Phi) is 7.25. The second-order valence-electron chi connectivity index (χ2n) is 5.63. The SMILES string of the molecule is CCNC(=NCc1ccc(C)cc1OCC)NCc1nncn1CC. The van der Waals surface area contributed by atoms with Crippen LogP contribution in [0.1, 0.15) is 37.7 Å². The van der Waals surface area contributed by atoms with Gasteiger partial charge in [-0.2, -0.15) is 0 Å². The third-order valence-corrected chi connectivity index (χ3v) is 3.72. The van der Waals surface area contributed by atoms with E-state index >= 15 is 0 Å². The van der Waals surface area contributed by atoms with Crippen molar-refractivity contribution in [2.45, 2.75) is 47.3 Å². The lowest BCUT2D eigenvalue weighted by Gasteiger charge is -2.13. The van der Waals surface area contributed by atoms with E-state index in [0.29, 0.717) is 19.7 Å². The van der Waals surface area contributed by atoms with E-state index in [4.69, 9.17) is 4.74 Å².